The van der Waals surface area contributed by atoms with Gasteiger partial charge in [0.05, 0.1) is 16.2 Å². The molecule has 1 aromatic heterocycles. The van der Waals surface area contributed by atoms with Gasteiger partial charge in [0.15, 0.2) is 12.3 Å². The Bertz CT molecular complexity index is 1200. The summed E-state index contributed by atoms with van der Waals surface area (Å²) in [6.45, 7) is -0.892. The second-order valence-electron chi connectivity index (χ2n) is 6.16. The first kappa shape index (κ1) is 23.2. The lowest BCUT2D eigenvalue weighted by Crippen LogP contribution is -2.23. The summed E-state index contributed by atoms with van der Waals surface area (Å²) in [6.07, 6.45) is -4.96. The molecule has 13 heteroatoms. The van der Waals surface area contributed by atoms with Crippen LogP contribution in [0.3, 0.4) is 0 Å². The summed E-state index contributed by atoms with van der Waals surface area (Å²) in [6, 6.07) is 8.60. The molecule has 0 saturated heterocycles. The Morgan fingerprint density at radius 2 is 1.97 bits per heavy atom. The zero-order chi connectivity index (χ0) is 23.5. The van der Waals surface area contributed by atoms with Crippen molar-refractivity contribution in [1.82, 2.24) is 4.98 Å². The number of alkyl halides is 3. The van der Waals surface area contributed by atoms with Crippen LogP contribution in [0.15, 0.2) is 47.8 Å². The van der Waals surface area contributed by atoms with Crippen LogP contribution in [-0.2, 0) is 15.7 Å². The number of hydrogen-bond acceptors (Lipinski definition) is 7. The summed E-state index contributed by atoms with van der Waals surface area (Å²) in [5, 5.41) is 15.0. The quantitative estimate of drug-likeness (QED) is 0.292. The van der Waals surface area contributed by atoms with E-state index >= 15 is 0 Å². The third kappa shape index (κ3) is 5.59. The second kappa shape index (κ2) is 9.32. The molecule has 2 aromatic carbocycles. The van der Waals surface area contributed by atoms with Crippen molar-refractivity contribution in [3.63, 3.8) is 0 Å². The van der Waals surface area contributed by atoms with Crippen LogP contribution in [0, 0.1) is 10.1 Å². The number of amides is 1. The van der Waals surface area contributed by atoms with Gasteiger partial charge >= 0.3 is 12.1 Å². The molecular formula is C19H11ClF3N3O5S. The maximum Gasteiger partial charge on any atom is 0.418 e. The lowest BCUT2D eigenvalue weighted by atomic mass is 10.1. The molecule has 166 valence electrons. The number of aromatic nitrogens is 1. The Balaban J connectivity index is 1.65. The number of hydrogen-bond donors (Lipinski definition) is 1. The zero-order valence-electron chi connectivity index (χ0n) is 15.7. The Kier molecular flexibility index (Phi) is 6.75. The van der Waals surface area contributed by atoms with Crippen LogP contribution >= 0.6 is 22.9 Å². The smallest absolute Gasteiger partial charge is 0.418 e. The molecular weight excluding hydrogens is 475 g/mol. The predicted molar refractivity (Wildman–Crippen MR) is 110 cm³/mol. The van der Waals surface area contributed by atoms with Gasteiger partial charge in [-0.2, -0.15) is 13.2 Å². The van der Waals surface area contributed by atoms with E-state index in [1.165, 1.54) is 5.38 Å². The molecule has 32 heavy (non-hydrogen) atoms. The largest absolute Gasteiger partial charge is 0.451 e. The number of nitrogens with one attached hydrogen (secondary N) is 1. The molecule has 1 N–H and O–H groups in total. The molecule has 1 heterocycles. The van der Waals surface area contributed by atoms with Crippen molar-refractivity contribution in [1.29, 1.82) is 0 Å². The van der Waals surface area contributed by atoms with E-state index in [0.29, 0.717) is 21.7 Å². The normalized spacial score (nSPS) is 11.1. The third-order valence-electron chi connectivity index (χ3n) is 3.91. The fourth-order valence-corrected chi connectivity index (χ4v) is 3.48. The molecule has 0 unspecified atom stereocenters. The predicted octanol–water partition coefficient (Wildman–Crippen LogP) is 5.19. The molecule has 3 aromatic rings. The Hall–Kier alpha value is -3.51. The van der Waals surface area contributed by atoms with Gasteiger partial charge in [-0.25, -0.2) is 9.78 Å². The van der Waals surface area contributed by atoms with Crippen molar-refractivity contribution in [2.24, 2.45) is 0 Å². The number of rotatable bonds is 6. The van der Waals surface area contributed by atoms with E-state index in [-0.39, 0.29) is 5.69 Å². The minimum absolute atomic E-state index is 0.0934. The summed E-state index contributed by atoms with van der Waals surface area (Å²) < 4.78 is 44.3. The number of carbonyl (C=O) groups excluding carboxylic acids is 2. The summed E-state index contributed by atoms with van der Waals surface area (Å²) in [5.41, 5.74) is -2.33. The van der Waals surface area contributed by atoms with E-state index in [2.05, 4.69) is 4.98 Å². The number of halogens is 4. The second-order valence-corrected chi connectivity index (χ2v) is 7.45. The van der Waals surface area contributed by atoms with Crippen molar-refractivity contribution in [2.75, 3.05) is 11.9 Å². The lowest BCUT2D eigenvalue weighted by Gasteiger charge is -2.13. The highest BCUT2D eigenvalue weighted by molar-refractivity contribution is 7.13. The van der Waals surface area contributed by atoms with Crippen LogP contribution in [0.2, 0.25) is 5.02 Å². The molecule has 0 aliphatic heterocycles. The maximum atomic E-state index is 13.2. The summed E-state index contributed by atoms with van der Waals surface area (Å²) >= 11 is 7.05. The summed E-state index contributed by atoms with van der Waals surface area (Å²) in [7, 11) is 0. The number of nitrogens with zero attached hydrogens (tertiary/aromatic N) is 2. The van der Waals surface area contributed by atoms with Crippen LogP contribution in [0.4, 0.5) is 24.5 Å². The molecule has 3 rings (SSSR count). The van der Waals surface area contributed by atoms with Gasteiger partial charge in [0.1, 0.15) is 5.01 Å². The Morgan fingerprint density at radius 3 is 2.62 bits per heavy atom. The van der Waals surface area contributed by atoms with E-state index in [4.69, 9.17) is 16.3 Å². The summed E-state index contributed by atoms with van der Waals surface area (Å²) in [4.78, 5) is 37.9. The fraction of sp³-hybridized carbons (Fsp3) is 0.105. The van der Waals surface area contributed by atoms with Gasteiger partial charge in [-0.05, 0) is 18.2 Å². The number of esters is 1. The molecule has 0 fully saturated rings. The third-order valence-corrected chi connectivity index (χ3v) is 5.04. The highest BCUT2D eigenvalue weighted by atomic mass is 35.5. The van der Waals surface area contributed by atoms with Gasteiger partial charge < -0.3 is 10.1 Å². The number of nitro groups is 1. The Labute approximate surface area is 186 Å². The van der Waals surface area contributed by atoms with Crippen molar-refractivity contribution in [3.8, 4) is 10.6 Å². The number of carbonyl (C=O) groups is 2. The molecule has 0 saturated carbocycles. The average molecular weight is 486 g/mol. The zero-order valence-corrected chi connectivity index (χ0v) is 17.3. The molecule has 0 radical (unpaired) electrons. The number of nitro benzene ring substituents is 1. The van der Waals surface area contributed by atoms with Crippen molar-refractivity contribution in [2.45, 2.75) is 6.18 Å². The SMILES string of the molecule is O=C(COC(=O)c1csc(-c2cccc(Cl)c2)n1)Nc1ccc([N+](=O)[O-])cc1C(F)(F)F. The van der Waals surface area contributed by atoms with Crippen molar-refractivity contribution < 1.29 is 32.4 Å². The first-order valence-electron chi connectivity index (χ1n) is 8.58. The molecule has 0 atom stereocenters. The number of ether oxygens (including phenoxy) is 1. The van der Waals surface area contributed by atoms with Crippen LogP contribution in [-0.4, -0.2) is 28.4 Å². The van der Waals surface area contributed by atoms with E-state index in [0.717, 1.165) is 23.5 Å². The number of thiazole rings is 1. The van der Waals surface area contributed by atoms with E-state index in [1.807, 2.05) is 5.32 Å². The van der Waals surface area contributed by atoms with E-state index in [9.17, 15) is 32.9 Å². The van der Waals surface area contributed by atoms with Gasteiger partial charge in [0.25, 0.3) is 11.6 Å². The van der Waals surface area contributed by atoms with E-state index < -0.39 is 46.5 Å². The van der Waals surface area contributed by atoms with Crippen LogP contribution in [0.5, 0.6) is 0 Å². The monoisotopic (exact) mass is 485 g/mol. The van der Waals surface area contributed by atoms with Crippen LogP contribution in [0.1, 0.15) is 16.1 Å². The van der Waals surface area contributed by atoms with Gasteiger partial charge in [0.2, 0.25) is 0 Å². The molecule has 0 aliphatic carbocycles. The minimum Gasteiger partial charge on any atom is -0.451 e. The molecule has 0 aliphatic rings. The highest BCUT2D eigenvalue weighted by Gasteiger charge is 2.35. The van der Waals surface area contributed by atoms with Crippen LogP contribution in [0.25, 0.3) is 10.6 Å². The first-order chi connectivity index (χ1) is 15.0. The average Bonchev–Trinajstić information content (AvgIpc) is 3.22. The van der Waals surface area contributed by atoms with Crippen molar-refractivity contribution >= 4 is 46.2 Å². The fourth-order valence-electron chi connectivity index (χ4n) is 2.50. The number of non-ortho nitro benzene ring substituents is 1. The van der Waals surface area contributed by atoms with Gasteiger partial charge in [0, 0.05) is 28.1 Å². The summed E-state index contributed by atoms with van der Waals surface area (Å²) in [5.74, 6) is -2.02. The Morgan fingerprint density at radius 1 is 1.22 bits per heavy atom. The highest BCUT2D eigenvalue weighted by Crippen LogP contribution is 2.37. The topological polar surface area (TPSA) is 111 Å². The van der Waals surface area contributed by atoms with Crippen LogP contribution < -0.4 is 5.32 Å². The molecule has 1 amide bonds. The van der Waals surface area contributed by atoms with Gasteiger partial charge in [-0.1, -0.05) is 23.7 Å². The molecule has 8 nitrogen and oxygen atoms in total. The lowest BCUT2D eigenvalue weighted by molar-refractivity contribution is -0.385. The molecule has 0 bridgehead atoms. The van der Waals surface area contributed by atoms with Gasteiger partial charge in [-0.15, -0.1) is 11.3 Å². The number of anilines is 1. The molecule has 0 spiro atoms. The van der Waals surface area contributed by atoms with Gasteiger partial charge in [-0.3, -0.25) is 14.9 Å². The number of benzene rings is 2. The maximum absolute atomic E-state index is 13.2. The first-order valence-corrected chi connectivity index (χ1v) is 9.84. The van der Waals surface area contributed by atoms with Crippen molar-refractivity contribution in [3.05, 3.63) is 74.2 Å². The van der Waals surface area contributed by atoms with E-state index in [1.54, 1.807) is 24.3 Å². The standard InChI is InChI=1S/C19H11ClF3N3O5S/c20-11-3-1-2-10(6-11)17-25-15(9-32-17)18(28)31-8-16(27)24-14-5-4-12(26(29)30)7-13(14)19(21,22)23/h1-7,9H,8H2,(H,24,27). The minimum atomic E-state index is -4.96.